The van der Waals surface area contributed by atoms with Crippen molar-refractivity contribution in [2.75, 3.05) is 25.1 Å². The summed E-state index contributed by atoms with van der Waals surface area (Å²) in [6.07, 6.45) is 5.79. The van der Waals surface area contributed by atoms with Gasteiger partial charge in [0.05, 0.1) is 36.7 Å². The molecule has 2 fully saturated rings. The van der Waals surface area contributed by atoms with Crippen LogP contribution in [-0.2, 0) is 27.3 Å². The van der Waals surface area contributed by atoms with E-state index >= 15 is 0 Å². The number of hydrogen-bond donors (Lipinski definition) is 1. The van der Waals surface area contributed by atoms with Crippen molar-refractivity contribution in [3.8, 4) is 0 Å². The van der Waals surface area contributed by atoms with E-state index in [1.807, 2.05) is 54.6 Å². The molecule has 31 heavy (non-hydrogen) atoms. The Kier molecular flexibility index (Phi) is 4.87. The van der Waals surface area contributed by atoms with Crippen LogP contribution < -0.4 is 4.90 Å². The third kappa shape index (κ3) is 3.25. The maximum Gasteiger partial charge on any atom is 0.234 e. The van der Waals surface area contributed by atoms with Gasteiger partial charge in [-0.05, 0) is 36.2 Å². The first-order valence-corrected chi connectivity index (χ1v) is 10.6. The minimum absolute atomic E-state index is 0.0775. The largest absolute Gasteiger partial charge is 0.396 e. The molecule has 3 aliphatic heterocycles. The molecule has 0 aliphatic carbocycles. The Labute approximate surface area is 180 Å². The second-order valence-corrected chi connectivity index (χ2v) is 8.48. The van der Waals surface area contributed by atoms with E-state index in [2.05, 4.69) is 4.98 Å². The number of anilines is 1. The van der Waals surface area contributed by atoms with E-state index in [1.165, 1.54) is 0 Å². The molecule has 5 rings (SSSR count). The number of hydrogen-bond acceptors (Lipinski definition) is 5. The molecule has 2 amide bonds. The van der Waals surface area contributed by atoms with Gasteiger partial charge in [-0.25, -0.2) is 0 Å². The quantitative estimate of drug-likeness (QED) is 0.719. The number of aliphatic hydroxyl groups excluding tert-OH is 1. The van der Waals surface area contributed by atoms with Gasteiger partial charge < -0.3 is 19.6 Å². The first-order chi connectivity index (χ1) is 15.0. The number of benzene rings is 1. The van der Waals surface area contributed by atoms with Gasteiger partial charge in [0.15, 0.2) is 0 Å². The number of carbonyl (C=O) groups excluding carboxylic acids is 2. The molecule has 2 unspecified atom stereocenters. The lowest BCUT2D eigenvalue weighted by Crippen LogP contribution is -2.44. The van der Waals surface area contributed by atoms with Crippen LogP contribution in [-0.4, -0.2) is 58.7 Å². The Morgan fingerprint density at radius 1 is 1.29 bits per heavy atom. The van der Waals surface area contributed by atoms with Crippen LogP contribution in [0.3, 0.4) is 0 Å². The first-order valence-electron chi connectivity index (χ1n) is 10.6. The van der Waals surface area contributed by atoms with Crippen LogP contribution in [0, 0.1) is 11.8 Å². The average molecular weight is 419 g/mol. The summed E-state index contributed by atoms with van der Waals surface area (Å²) in [6, 6.07) is 13.2. The summed E-state index contributed by atoms with van der Waals surface area (Å²) in [4.78, 5) is 34.5. The summed E-state index contributed by atoms with van der Waals surface area (Å²) in [5.74, 6) is -1.24. The molecule has 1 spiro atoms. The molecular formula is C24H25N3O4. The highest BCUT2D eigenvalue weighted by atomic mass is 16.5. The summed E-state index contributed by atoms with van der Waals surface area (Å²) in [6.45, 7) is 0.871. The van der Waals surface area contributed by atoms with Gasteiger partial charge in [0.25, 0.3) is 0 Å². The van der Waals surface area contributed by atoms with Crippen molar-refractivity contribution in [3.63, 3.8) is 0 Å². The highest BCUT2D eigenvalue weighted by Gasteiger charge is 2.67. The molecule has 7 heteroatoms. The molecule has 0 saturated carbocycles. The summed E-state index contributed by atoms with van der Waals surface area (Å²) in [5, 5.41) is 9.11. The number of pyridine rings is 1. The molecule has 1 N–H and O–H groups in total. The molecule has 2 bridgehead atoms. The van der Waals surface area contributed by atoms with Crippen LogP contribution in [0.5, 0.6) is 0 Å². The Balaban J connectivity index is 1.38. The second kappa shape index (κ2) is 7.59. The molecule has 4 heterocycles. The Morgan fingerprint density at radius 3 is 2.81 bits per heavy atom. The van der Waals surface area contributed by atoms with Crippen LogP contribution in [0.1, 0.15) is 11.3 Å². The SMILES string of the molecule is CN(Cc1ccccn1)C(=O)C1C2C(=O)N(c3ccc(CCO)cc3)C[C@]23C=C[C@H]1O3. The van der Waals surface area contributed by atoms with Gasteiger partial charge >= 0.3 is 0 Å². The Hall–Kier alpha value is -3.03. The molecule has 1 aromatic carbocycles. The third-order valence-corrected chi connectivity index (χ3v) is 6.54. The van der Waals surface area contributed by atoms with E-state index in [0.29, 0.717) is 19.5 Å². The van der Waals surface area contributed by atoms with Crippen molar-refractivity contribution in [1.82, 2.24) is 9.88 Å². The molecule has 1 aromatic heterocycles. The standard InChI is InChI=1S/C24H25N3O4/c1-26(14-17-4-2-3-12-25-17)22(29)20-19-9-11-24(31-19)15-27(23(30)21(20)24)18-7-5-16(6-8-18)10-13-28/h2-9,11-12,19-21,28H,10,13-15H2,1H3/t19-,20?,21?,24-/m1/s1. The fourth-order valence-electron chi connectivity index (χ4n) is 5.04. The van der Waals surface area contributed by atoms with Crippen molar-refractivity contribution in [2.45, 2.75) is 24.7 Å². The highest BCUT2D eigenvalue weighted by molar-refractivity contribution is 6.03. The molecule has 2 aromatic rings. The van der Waals surface area contributed by atoms with Crippen LogP contribution in [0.2, 0.25) is 0 Å². The Bertz CT molecular complexity index is 1020. The summed E-state index contributed by atoms with van der Waals surface area (Å²) in [7, 11) is 1.75. The minimum Gasteiger partial charge on any atom is -0.396 e. The molecule has 0 radical (unpaired) electrons. The minimum atomic E-state index is -0.752. The van der Waals surface area contributed by atoms with Gasteiger partial charge in [0.1, 0.15) is 5.60 Å². The van der Waals surface area contributed by atoms with E-state index in [-0.39, 0.29) is 24.5 Å². The molecule has 2 saturated heterocycles. The summed E-state index contributed by atoms with van der Waals surface area (Å²) in [5.41, 5.74) is 1.84. The number of aliphatic hydroxyl groups is 1. The lowest BCUT2D eigenvalue weighted by molar-refractivity contribution is -0.139. The van der Waals surface area contributed by atoms with Crippen LogP contribution in [0.25, 0.3) is 0 Å². The van der Waals surface area contributed by atoms with Crippen LogP contribution in [0.4, 0.5) is 5.69 Å². The average Bonchev–Trinajstić information content (AvgIpc) is 3.43. The fraction of sp³-hybridized carbons (Fsp3) is 0.375. The van der Waals surface area contributed by atoms with Crippen molar-refractivity contribution >= 4 is 17.5 Å². The normalized spacial score (nSPS) is 28.3. The molecule has 7 nitrogen and oxygen atoms in total. The maximum absolute atomic E-state index is 13.5. The topological polar surface area (TPSA) is 83.0 Å². The molecule has 3 aliphatic rings. The van der Waals surface area contributed by atoms with Gasteiger partial charge in [-0.3, -0.25) is 14.6 Å². The van der Waals surface area contributed by atoms with Crippen LogP contribution >= 0.6 is 0 Å². The van der Waals surface area contributed by atoms with Gasteiger partial charge in [0.2, 0.25) is 11.8 Å². The number of ether oxygens (including phenoxy) is 1. The van der Waals surface area contributed by atoms with Crippen molar-refractivity contribution in [3.05, 3.63) is 72.1 Å². The van der Waals surface area contributed by atoms with Crippen molar-refractivity contribution < 1.29 is 19.4 Å². The zero-order valence-electron chi connectivity index (χ0n) is 17.3. The number of carbonyl (C=O) groups is 2. The zero-order chi connectivity index (χ0) is 21.6. The predicted molar refractivity (Wildman–Crippen MR) is 114 cm³/mol. The summed E-state index contributed by atoms with van der Waals surface area (Å²) >= 11 is 0. The predicted octanol–water partition coefficient (Wildman–Crippen LogP) is 1.56. The van der Waals surface area contributed by atoms with Gasteiger partial charge in [-0.1, -0.05) is 30.4 Å². The van der Waals surface area contributed by atoms with E-state index < -0.39 is 17.4 Å². The number of aromatic nitrogens is 1. The van der Waals surface area contributed by atoms with Crippen molar-refractivity contribution in [1.29, 1.82) is 0 Å². The number of fused-ring (bicyclic) bond motifs is 1. The Morgan fingerprint density at radius 2 is 2.10 bits per heavy atom. The first kappa shape index (κ1) is 19.9. The monoisotopic (exact) mass is 419 g/mol. The second-order valence-electron chi connectivity index (χ2n) is 8.48. The maximum atomic E-state index is 13.5. The van der Waals surface area contributed by atoms with Gasteiger partial charge in [-0.2, -0.15) is 0 Å². The lowest BCUT2D eigenvalue weighted by Gasteiger charge is -2.27. The van der Waals surface area contributed by atoms with Gasteiger partial charge in [0, 0.05) is 25.5 Å². The number of amides is 2. The highest BCUT2D eigenvalue weighted by Crippen LogP contribution is 2.53. The molecular weight excluding hydrogens is 394 g/mol. The van der Waals surface area contributed by atoms with Crippen LogP contribution in [0.15, 0.2) is 60.8 Å². The number of rotatable bonds is 6. The zero-order valence-corrected chi connectivity index (χ0v) is 17.3. The smallest absolute Gasteiger partial charge is 0.234 e. The summed E-state index contributed by atoms with van der Waals surface area (Å²) < 4.78 is 6.23. The van der Waals surface area contributed by atoms with E-state index in [4.69, 9.17) is 9.84 Å². The van der Waals surface area contributed by atoms with Gasteiger partial charge in [-0.15, -0.1) is 0 Å². The van der Waals surface area contributed by atoms with Crippen molar-refractivity contribution in [2.24, 2.45) is 11.8 Å². The van der Waals surface area contributed by atoms with E-state index in [9.17, 15) is 9.59 Å². The molecule has 160 valence electrons. The van der Waals surface area contributed by atoms with E-state index in [1.54, 1.807) is 23.0 Å². The molecule has 4 atom stereocenters. The van der Waals surface area contributed by atoms with E-state index in [0.717, 1.165) is 16.9 Å². The number of nitrogens with zero attached hydrogens (tertiary/aromatic N) is 3. The third-order valence-electron chi connectivity index (χ3n) is 6.54. The fourth-order valence-corrected chi connectivity index (χ4v) is 5.04. The lowest BCUT2D eigenvalue weighted by atomic mass is 9.76.